The smallest absolute Gasteiger partial charge is 0.270 e. The molecule has 170 valence electrons. The Morgan fingerprint density at radius 1 is 1.15 bits per heavy atom. The van der Waals surface area contributed by atoms with Crippen molar-refractivity contribution >= 4 is 63.8 Å². The molecule has 2 heterocycles. The second-order valence-electron chi connectivity index (χ2n) is 8.59. The lowest BCUT2D eigenvalue weighted by Crippen LogP contribution is -2.54. The molecular weight excluding hydrogens is 458 g/mol. The monoisotopic (exact) mass is 481 g/mol. The van der Waals surface area contributed by atoms with E-state index in [2.05, 4.69) is 37.1 Å². The highest BCUT2D eigenvalue weighted by atomic mass is 35.5. The molecular formula is C25H24ClN3O3S. The quantitative estimate of drug-likeness (QED) is 0.387. The maximum atomic E-state index is 13.3. The molecule has 0 aliphatic carbocycles. The lowest BCUT2D eigenvalue weighted by atomic mass is 9.88. The van der Waals surface area contributed by atoms with Crippen LogP contribution >= 0.6 is 23.8 Å². The third-order valence-electron chi connectivity index (χ3n) is 6.05. The minimum Gasteiger partial charge on any atom is -0.496 e. The van der Waals surface area contributed by atoms with Crippen LogP contribution in [0.25, 0.3) is 11.6 Å². The number of hydrogen-bond donors (Lipinski definition) is 1. The van der Waals surface area contributed by atoms with E-state index in [1.54, 1.807) is 37.5 Å². The van der Waals surface area contributed by atoms with Crippen LogP contribution in [0.3, 0.4) is 0 Å². The predicted molar refractivity (Wildman–Crippen MR) is 137 cm³/mol. The van der Waals surface area contributed by atoms with Crippen LogP contribution in [0.1, 0.15) is 31.9 Å². The van der Waals surface area contributed by atoms with E-state index in [0.717, 1.165) is 16.8 Å². The third kappa shape index (κ3) is 4.03. The van der Waals surface area contributed by atoms with Gasteiger partial charge in [0, 0.05) is 35.0 Å². The van der Waals surface area contributed by atoms with E-state index in [1.165, 1.54) is 4.90 Å². The Balaban J connectivity index is 1.81. The summed E-state index contributed by atoms with van der Waals surface area (Å²) in [5.74, 6) is -0.512. The molecule has 0 saturated carbocycles. The Bertz CT molecular complexity index is 1250. The minimum absolute atomic E-state index is 0.0181. The molecule has 6 nitrogen and oxygen atoms in total. The molecule has 0 bridgehead atoms. The van der Waals surface area contributed by atoms with E-state index >= 15 is 0 Å². The van der Waals surface area contributed by atoms with Gasteiger partial charge in [-0.3, -0.25) is 19.8 Å². The van der Waals surface area contributed by atoms with Gasteiger partial charge in [0.25, 0.3) is 11.8 Å². The van der Waals surface area contributed by atoms with Crippen molar-refractivity contribution in [3.8, 4) is 5.75 Å². The first-order valence-corrected chi connectivity index (χ1v) is 11.1. The Labute approximate surface area is 203 Å². The summed E-state index contributed by atoms with van der Waals surface area (Å²) in [4.78, 5) is 29.5. The van der Waals surface area contributed by atoms with Gasteiger partial charge in [-0.25, -0.2) is 0 Å². The average Bonchev–Trinajstić information content (AvgIpc) is 2.75. The number of amides is 2. The van der Waals surface area contributed by atoms with Gasteiger partial charge in [0.2, 0.25) is 0 Å². The highest BCUT2D eigenvalue weighted by molar-refractivity contribution is 7.80. The number of allylic oxidation sites excluding steroid dienone is 1. The summed E-state index contributed by atoms with van der Waals surface area (Å²) in [6.45, 7) is 6.33. The molecule has 2 amide bonds. The molecule has 1 N–H and O–H groups in total. The summed E-state index contributed by atoms with van der Waals surface area (Å²) in [6.07, 6.45) is 3.74. The number of fused-ring (bicyclic) bond motifs is 1. The summed E-state index contributed by atoms with van der Waals surface area (Å²) >= 11 is 11.2. The van der Waals surface area contributed by atoms with Crippen molar-refractivity contribution in [2.75, 3.05) is 24.0 Å². The number of benzene rings is 2. The van der Waals surface area contributed by atoms with Gasteiger partial charge in [0.1, 0.15) is 11.3 Å². The number of likely N-dealkylation sites (N-methyl/N-ethyl adjacent to an activating group) is 1. The largest absolute Gasteiger partial charge is 0.496 e. The number of carbonyl (C=O) groups excluding carboxylic acids is 2. The van der Waals surface area contributed by atoms with E-state index in [-0.39, 0.29) is 16.2 Å². The Morgan fingerprint density at radius 2 is 1.82 bits per heavy atom. The van der Waals surface area contributed by atoms with Crippen molar-refractivity contribution in [3.05, 3.63) is 64.2 Å². The molecule has 2 aliphatic rings. The molecule has 2 aromatic rings. The number of halogens is 1. The Morgan fingerprint density at radius 3 is 2.45 bits per heavy atom. The van der Waals surface area contributed by atoms with Crippen molar-refractivity contribution < 1.29 is 14.3 Å². The normalized spacial score (nSPS) is 18.8. The van der Waals surface area contributed by atoms with E-state index in [1.807, 2.05) is 19.2 Å². The average molecular weight is 482 g/mol. The summed E-state index contributed by atoms with van der Waals surface area (Å²) in [7, 11) is 3.60. The van der Waals surface area contributed by atoms with Crippen LogP contribution in [0.4, 0.5) is 11.4 Å². The highest BCUT2D eigenvalue weighted by Gasteiger charge is 2.35. The number of carbonyl (C=O) groups is 2. The zero-order chi connectivity index (χ0) is 24.1. The first-order chi connectivity index (χ1) is 15.5. The van der Waals surface area contributed by atoms with Gasteiger partial charge >= 0.3 is 0 Å². The fourth-order valence-electron chi connectivity index (χ4n) is 4.12. The van der Waals surface area contributed by atoms with Gasteiger partial charge in [0.05, 0.1) is 18.3 Å². The van der Waals surface area contributed by atoms with E-state index < -0.39 is 11.8 Å². The zero-order valence-electron chi connectivity index (χ0n) is 19.0. The van der Waals surface area contributed by atoms with Gasteiger partial charge in [-0.2, -0.15) is 0 Å². The van der Waals surface area contributed by atoms with Crippen LogP contribution in [0, 0.1) is 0 Å². The molecule has 0 spiro atoms. The highest BCUT2D eigenvalue weighted by Crippen LogP contribution is 2.42. The molecule has 2 aromatic carbocycles. The number of nitrogens with one attached hydrogen (secondary N) is 1. The van der Waals surface area contributed by atoms with Gasteiger partial charge in [0.15, 0.2) is 5.11 Å². The summed E-state index contributed by atoms with van der Waals surface area (Å²) in [6, 6.07) is 10.5. The number of ether oxygens (including phenoxy) is 1. The molecule has 0 radical (unpaired) electrons. The maximum absolute atomic E-state index is 13.3. The molecule has 1 saturated heterocycles. The minimum atomic E-state index is -0.555. The standard InChI is InChI=1S/C25H24ClN3O3S/c1-14-13-25(2,3)28(4)20-12-21(32-5)15(10-18(14)20)11-19-22(30)27-24(33)29(23(19)31)17-8-6-16(26)7-9-17/h6-13H,1-5H3,(H,27,30,33)/b19-11-. The van der Waals surface area contributed by atoms with Gasteiger partial charge in [-0.05, 0) is 75.0 Å². The molecule has 0 atom stereocenters. The molecule has 33 heavy (non-hydrogen) atoms. The number of rotatable bonds is 3. The Hall–Kier alpha value is -3.16. The molecule has 1 fully saturated rings. The number of nitrogens with zero attached hydrogens (tertiary/aromatic N) is 2. The number of thiocarbonyl (C=S) groups is 1. The summed E-state index contributed by atoms with van der Waals surface area (Å²) < 4.78 is 5.63. The maximum Gasteiger partial charge on any atom is 0.270 e. The van der Waals surface area contributed by atoms with Crippen LogP contribution in [-0.4, -0.2) is 36.6 Å². The van der Waals surface area contributed by atoms with Crippen molar-refractivity contribution in [2.24, 2.45) is 0 Å². The van der Waals surface area contributed by atoms with Crippen LogP contribution in [-0.2, 0) is 9.59 Å². The topological polar surface area (TPSA) is 61.9 Å². The van der Waals surface area contributed by atoms with E-state index in [9.17, 15) is 9.59 Å². The third-order valence-corrected chi connectivity index (χ3v) is 6.59. The number of hydrogen-bond acceptors (Lipinski definition) is 5. The van der Waals surface area contributed by atoms with Gasteiger partial charge in [-0.1, -0.05) is 17.7 Å². The summed E-state index contributed by atoms with van der Waals surface area (Å²) in [5.41, 5.74) is 4.08. The zero-order valence-corrected chi connectivity index (χ0v) is 20.6. The molecule has 4 rings (SSSR count). The fraction of sp³-hybridized carbons (Fsp3) is 0.240. The van der Waals surface area contributed by atoms with Crippen LogP contribution in [0.15, 0.2) is 48.0 Å². The van der Waals surface area contributed by atoms with E-state index in [4.69, 9.17) is 28.6 Å². The second-order valence-corrected chi connectivity index (χ2v) is 9.41. The van der Waals surface area contributed by atoms with E-state index in [0.29, 0.717) is 22.0 Å². The molecule has 2 aliphatic heterocycles. The second kappa shape index (κ2) is 8.32. The van der Waals surface area contributed by atoms with Gasteiger partial charge < -0.3 is 9.64 Å². The predicted octanol–water partition coefficient (Wildman–Crippen LogP) is 4.81. The molecule has 8 heteroatoms. The fourth-order valence-corrected chi connectivity index (χ4v) is 4.53. The molecule has 0 unspecified atom stereocenters. The first-order valence-electron chi connectivity index (χ1n) is 10.4. The lowest BCUT2D eigenvalue weighted by molar-refractivity contribution is -0.122. The van der Waals surface area contributed by atoms with Crippen molar-refractivity contribution in [1.29, 1.82) is 0 Å². The van der Waals surface area contributed by atoms with Crippen LogP contribution in [0.2, 0.25) is 5.02 Å². The number of methoxy groups -OCH3 is 1. The van der Waals surface area contributed by atoms with Crippen LogP contribution in [0.5, 0.6) is 5.75 Å². The molecule has 0 aromatic heterocycles. The van der Waals surface area contributed by atoms with Crippen molar-refractivity contribution in [1.82, 2.24) is 5.32 Å². The van der Waals surface area contributed by atoms with Crippen LogP contribution < -0.4 is 19.9 Å². The lowest BCUT2D eigenvalue weighted by Gasteiger charge is -2.41. The van der Waals surface area contributed by atoms with Crippen molar-refractivity contribution in [3.63, 3.8) is 0 Å². The first kappa shape index (κ1) is 23.0. The Kier molecular flexibility index (Phi) is 5.80. The van der Waals surface area contributed by atoms with Crippen molar-refractivity contribution in [2.45, 2.75) is 26.3 Å². The summed E-state index contributed by atoms with van der Waals surface area (Å²) in [5, 5.41) is 3.16. The SMILES string of the molecule is COc1cc2c(cc1/C=C1/C(=O)NC(=S)N(c3ccc(Cl)cc3)C1=O)C(C)=CC(C)(C)N2C. The van der Waals surface area contributed by atoms with Gasteiger partial charge in [-0.15, -0.1) is 0 Å². The number of anilines is 2.